The summed E-state index contributed by atoms with van der Waals surface area (Å²) in [5.74, 6) is 1.27. The maximum Gasteiger partial charge on any atom is 0.257 e. The molecule has 3 rings (SSSR count). The van der Waals surface area contributed by atoms with Crippen molar-refractivity contribution in [3.05, 3.63) is 23.8 Å². The quantitative estimate of drug-likeness (QED) is 0.787. The Hall–Kier alpha value is -1.60. The summed E-state index contributed by atoms with van der Waals surface area (Å²) in [6, 6.07) is 4.63. The van der Waals surface area contributed by atoms with Gasteiger partial charge in [-0.25, -0.2) is 8.42 Å². The first kappa shape index (κ1) is 20.1. The molecule has 2 fully saturated rings. The minimum absolute atomic E-state index is 0.150. The number of methoxy groups -OCH3 is 1. The van der Waals surface area contributed by atoms with Crippen molar-refractivity contribution in [1.82, 2.24) is 9.21 Å². The van der Waals surface area contributed by atoms with Gasteiger partial charge in [0.05, 0.1) is 17.6 Å². The SMILES string of the molecule is COc1ccc(S(=O)(=O)N2CCC(C)CC2)cc1C(=O)N1CCC[C@H](C)C1. The molecule has 0 aliphatic carbocycles. The van der Waals surface area contributed by atoms with E-state index in [2.05, 4.69) is 13.8 Å². The molecule has 2 heterocycles. The van der Waals surface area contributed by atoms with Crippen molar-refractivity contribution in [3.63, 3.8) is 0 Å². The van der Waals surface area contributed by atoms with Crippen molar-refractivity contribution in [2.75, 3.05) is 33.3 Å². The number of carbonyl (C=O) groups excluding carboxylic acids is 1. The molecular weight excluding hydrogens is 364 g/mol. The predicted molar refractivity (Wildman–Crippen MR) is 104 cm³/mol. The van der Waals surface area contributed by atoms with E-state index < -0.39 is 10.0 Å². The number of nitrogens with zero attached hydrogens (tertiary/aromatic N) is 2. The van der Waals surface area contributed by atoms with Gasteiger partial charge in [-0.05, 0) is 55.7 Å². The molecule has 0 aromatic heterocycles. The van der Waals surface area contributed by atoms with Crippen molar-refractivity contribution in [1.29, 1.82) is 0 Å². The van der Waals surface area contributed by atoms with Crippen molar-refractivity contribution in [2.24, 2.45) is 11.8 Å². The van der Waals surface area contributed by atoms with Gasteiger partial charge in [-0.15, -0.1) is 0 Å². The zero-order chi connectivity index (χ0) is 19.6. The van der Waals surface area contributed by atoms with Gasteiger partial charge >= 0.3 is 0 Å². The van der Waals surface area contributed by atoms with E-state index in [4.69, 9.17) is 4.74 Å². The van der Waals surface area contributed by atoms with Crippen LogP contribution in [-0.4, -0.2) is 56.8 Å². The zero-order valence-electron chi connectivity index (χ0n) is 16.5. The molecule has 2 aliphatic rings. The Labute approximate surface area is 162 Å². The van der Waals surface area contributed by atoms with E-state index >= 15 is 0 Å². The number of rotatable bonds is 4. The van der Waals surface area contributed by atoms with E-state index in [0.717, 1.165) is 25.7 Å². The maximum absolute atomic E-state index is 13.1. The summed E-state index contributed by atoms with van der Waals surface area (Å²) in [6.45, 7) is 6.74. The van der Waals surface area contributed by atoms with Crippen LogP contribution in [0.15, 0.2) is 23.1 Å². The third-order valence-electron chi connectivity index (χ3n) is 5.73. The lowest BCUT2D eigenvalue weighted by molar-refractivity contribution is 0.0679. The third kappa shape index (κ3) is 4.29. The second kappa shape index (κ2) is 8.19. The summed E-state index contributed by atoms with van der Waals surface area (Å²) in [5.41, 5.74) is 0.332. The number of hydrogen-bond acceptors (Lipinski definition) is 4. The van der Waals surface area contributed by atoms with E-state index in [0.29, 0.717) is 49.3 Å². The van der Waals surface area contributed by atoms with E-state index in [-0.39, 0.29) is 10.8 Å². The molecule has 2 saturated heterocycles. The predicted octanol–water partition coefficient (Wildman–Crippen LogP) is 2.99. The lowest BCUT2D eigenvalue weighted by atomic mass is 9.99. The summed E-state index contributed by atoms with van der Waals surface area (Å²) < 4.78 is 33.0. The van der Waals surface area contributed by atoms with E-state index in [1.165, 1.54) is 17.5 Å². The van der Waals surface area contributed by atoms with Crippen LogP contribution >= 0.6 is 0 Å². The molecule has 0 bridgehead atoms. The fourth-order valence-corrected chi connectivity index (χ4v) is 5.43. The van der Waals surface area contributed by atoms with Crippen LogP contribution in [0.5, 0.6) is 5.75 Å². The Morgan fingerprint density at radius 1 is 1.07 bits per heavy atom. The van der Waals surface area contributed by atoms with Crippen molar-refractivity contribution in [2.45, 2.75) is 44.4 Å². The van der Waals surface area contributed by atoms with Crippen LogP contribution in [0.25, 0.3) is 0 Å². The molecule has 1 aromatic rings. The Morgan fingerprint density at radius 3 is 2.41 bits per heavy atom. The van der Waals surface area contributed by atoms with Gasteiger partial charge in [0.25, 0.3) is 5.91 Å². The molecule has 0 unspecified atom stereocenters. The lowest BCUT2D eigenvalue weighted by Crippen LogP contribution is -2.40. The first-order valence-electron chi connectivity index (χ1n) is 9.80. The van der Waals surface area contributed by atoms with Crippen LogP contribution in [0, 0.1) is 11.8 Å². The maximum atomic E-state index is 13.1. The minimum Gasteiger partial charge on any atom is -0.496 e. The number of hydrogen-bond donors (Lipinski definition) is 0. The van der Waals surface area contributed by atoms with Gasteiger partial charge in [-0.2, -0.15) is 4.31 Å². The van der Waals surface area contributed by atoms with Crippen molar-refractivity contribution >= 4 is 15.9 Å². The molecule has 0 spiro atoms. The van der Waals surface area contributed by atoms with Gasteiger partial charge < -0.3 is 9.64 Å². The topological polar surface area (TPSA) is 66.9 Å². The standard InChI is InChI=1S/C20H30N2O4S/c1-15-8-11-22(12-9-15)27(24,25)17-6-7-19(26-3)18(13-17)20(23)21-10-4-5-16(2)14-21/h6-7,13,15-16H,4-5,8-12,14H2,1-3H3/t16-/m0/s1. The summed E-state index contributed by atoms with van der Waals surface area (Å²) in [6.07, 6.45) is 3.82. The number of carbonyl (C=O) groups is 1. The molecule has 2 aliphatic heterocycles. The Bertz CT molecular complexity index is 785. The average Bonchev–Trinajstić information content (AvgIpc) is 2.67. The number of sulfonamides is 1. The Morgan fingerprint density at radius 2 is 1.78 bits per heavy atom. The Balaban J connectivity index is 1.90. The van der Waals surface area contributed by atoms with Crippen LogP contribution in [-0.2, 0) is 10.0 Å². The number of benzene rings is 1. The average molecular weight is 395 g/mol. The molecule has 1 aromatic carbocycles. The molecule has 27 heavy (non-hydrogen) atoms. The van der Waals surface area contributed by atoms with Gasteiger partial charge in [-0.3, -0.25) is 4.79 Å². The van der Waals surface area contributed by atoms with E-state index in [9.17, 15) is 13.2 Å². The first-order chi connectivity index (χ1) is 12.8. The largest absolute Gasteiger partial charge is 0.496 e. The molecule has 6 nitrogen and oxygen atoms in total. The molecule has 1 atom stereocenters. The van der Waals surface area contributed by atoms with Gasteiger partial charge in [0.15, 0.2) is 0 Å². The summed E-state index contributed by atoms with van der Waals surface area (Å²) in [7, 11) is -2.10. The molecule has 150 valence electrons. The number of likely N-dealkylation sites (tertiary alicyclic amines) is 1. The monoisotopic (exact) mass is 394 g/mol. The normalized spacial score (nSPS) is 22.6. The van der Waals surface area contributed by atoms with Crippen LogP contribution in [0.2, 0.25) is 0 Å². The van der Waals surface area contributed by atoms with Crippen molar-refractivity contribution < 1.29 is 17.9 Å². The van der Waals surface area contributed by atoms with Gasteiger partial charge in [0.1, 0.15) is 5.75 Å². The van der Waals surface area contributed by atoms with Crippen molar-refractivity contribution in [3.8, 4) is 5.75 Å². The second-order valence-corrected chi connectivity index (χ2v) is 9.89. The molecule has 1 amide bonds. The molecule has 0 saturated carbocycles. The van der Waals surface area contributed by atoms with Crippen LogP contribution < -0.4 is 4.74 Å². The summed E-state index contributed by atoms with van der Waals surface area (Å²) in [4.78, 5) is 15.0. The van der Waals surface area contributed by atoms with E-state index in [1.807, 2.05) is 4.90 Å². The van der Waals surface area contributed by atoms with E-state index in [1.54, 1.807) is 12.1 Å². The van der Waals surface area contributed by atoms with Gasteiger partial charge in [0, 0.05) is 26.2 Å². The highest BCUT2D eigenvalue weighted by molar-refractivity contribution is 7.89. The first-order valence-corrected chi connectivity index (χ1v) is 11.2. The number of piperidine rings is 2. The fraction of sp³-hybridized carbons (Fsp3) is 0.650. The fourth-order valence-electron chi connectivity index (χ4n) is 3.93. The second-order valence-electron chi connectivity index (χ2n) is 7.95. The van der Waals surface area contributed by atoms with Gasteiger partial charge in [-0.1, -0.05) is 13.8 Å². The zero-order valence-corrected chi connectivity index (χ0v) is 17.3. The smallest absolute Gasteiger partial charge is 0.257 e. The van der Waals surface area contributed by atoms with Crippen LogP contribution in [0.4, 0.5) is 0 Å². The molecular formula is C20H30N2O4S. The lowest BCUT2D eigenvalue weighted by Gasteiger charge is -2.32. The highest BCUT2D eigenvalue weighted by Gasteiger charge is 2.30. The molecule has 7 heteroatoms. The third-order valence-corrected chi connectivity index (χ3v) is 7.62. The number of amides is 1. The van der Waals surface area contributed by atoms with Crippen LogP contribution in [0.1, 0.15) is 49.9 Å². The minimum atomic E-state index is -3.60. The summed E-state index contributed by atoms with van der Waals surface area (Å²) in [5, 5.41) is 0. The molecule has 0 radical (unpaired) electrons. The highest BCUT2D eigenvalue weighted by atomic mass is 32.2. The summed E-state index contributed by atoms with van der Waals surface area (Å²) >= 11 is 0. The van der Waals surface area contributed by atoms with Crippen LogP contribution in [0.3, 0.4) is 0 Å². The molecule has 0 N–H and O–H groups in total. The highest BCUT2D eigenvalue weighted by Crippen LogP contribution is 2.29. The number of ether oxygens (including phenoxy) is 1. The Kier molecular flexibility index (Phi) is 6.11. The van der Waals surface area contributed by atoms with Gasteiger partial charge in [0.2, 0.25) is 10.0 Å².